The van der Waals surface area contributed by atoms with Gasteiger partial charge in [0.25, 0.3) is 0 Å². The summed E-state index contributed by atoms with van der Waals surface area (Å²) in [5.41, 5.74) is 0.509. The van der Waals surface area contributed by atoms with Gasteiger partial charge in [-0.1, -0.05) is 41.0 Å². The van der Waals surface area contributed by atoms with Gasteiger partial charge in [0, 0.05) is 6.04 Å². The average molecular weight is 253 g/mol. The lowest BCUT2D eigenvalue weighted by atomic mass is 9.67. The first-order valence-electron chi connectivity index (χ1n) is 8.07. The van der Waals surface area contributed by atoms with Gasteiger partial charge in [0.1, 0.15) is 0 Å². The lowest BCUT2D eigenvalue weighted by Gasteiger charge is -2.41. The zero-order valence-corrected chi connectivity index (χ0v) is 13.6. The molecular formula is C17H35N. The molecule has 1 aliphatic rings. The highest BCUT2D eigenvalue weighted by atomic mass is 14.9. The quantitative estimate of drug-likeness (QED) is 0.737. The maximum Gasteiger partial charge on any atom is 0.0118 e. The molecule has 0 aromatic rings. The lowest BCUT2D eigenvalue weighted by molar-refractivity contribution is 0.119. The molecule has 1 nitrogen and oxygen atoms in total. The van der Waals surface area contributed by atoms with E-state index in [0.29, 0.717) is 5.41 Å². The fourth-order valence-corrected chi connectivity index (χ4v) is 3.96. The molecule has 0 amide bonds. The average Bonchev–Trinajstić information content (AvgIpc) is 2.30. The van der Waals surface area contributed by atoms with Gasteiger partial charge in [-0.05, 0) is 62.3 Å². The highest BCUT2D eigenvalue weighted by molar-refractivity contribution is 4.87. The normalized spacial score (nSPS) is 29.0. The van der Waals surface area contributed by atoms with Crippen LogP contribution in [0.3, 0.4) is 0 Å². The van der Waals surface area contributed by atoms with Crippen LogP contribution in [0.1, 0.15) is 73.1 Å². The molecule has 18 heavy (non-hydrogen) atoms. The number of hydrogen-bond acceptors (Lipinski definition) is 1. The maximum atomic E-state index is 3.61. The molecular weight excluding hydrogens is 218 g/mol. The largest absolute Gasteiger partial charge is 0.316 e. The maximum absolute atomic E-state index is 3.61. The van der Waals surface area contributed by atoms with E-state index in [2.05, 4.69) is 47.0 Å². The summed E-state index contributed by atoms with van der Waals surface area (Å²) >= 11 is 0. The van der Waals surface area contributed by atoms with E-state index in [1.54, 1.807) is 0 Å². The van der Waals surface area contributed by atoms with Crippen molar-refractivity contribution in [1.29, 1.82) is 0 Å². The molecule has 1 heteroatoms. The van der Waals surface area contributed by atoms with Gasteiger partial charge in [-0.3, -0.25) is 0 Å². The molecule has 0 spiro atoms. The van der Waals surface area contributed by atoms with Crippen LogP contribution in [-0.2, 0) is 0 Å². The van der Waals surface area contributed by atoms with E-state index >= 15 is 0 Å². The fourth-order valence-electron chi connectivity index (χ4n) is 3.96. The molecule has 108 valence electrons. The SMILES string of the molecule is CCCC(C)C(NC)C1CCC(C(C)(C)C)CC1. The summed E-state index contributed by atoms with van der Waals surface area (Å²) in [5.74, 6) is 2.68. The molecule has 2 atom stereocenters. The first kappa shape index (κ1) is 16.0. The lowest BCUT2D eigenvalue weighted by Crippen LogP contribution is -2.41. The first-order valence-corrected chi connectivity index (χ1v) is 8.07. The Labute approximate surface area is 115 Å². The fraction of sp³-hybridized carbons (Fsp3) is 1.00. The smallest absolute Gasteiger partial charge is 0.0118 e. The van der Waals surface area contributed by atoms with Gasteiger partial charge in [0.05, 0.1) is 0 Å². The molecule has 0 aromatic carbocycles. The third-order valence-corrected chi connectivity index (χ3v) is 5.19. The summed E-state index contributed by atoms with van der Waals surface area (Å²) in [6.07, 6.45) is 8.42. The van der Waals surface area contributed by atoms with E-state index < -0.39 is 0 Å². The molecule has 0 aliphatic heterocycles. The van der Waals surface area contributed by atoms with Gasteiger partial charge in [0.15, 0.2) is 0 Å². The van der Waals surface area contributed by atoms with E-state index in [0.717, 1.165) is 23.8 Å². The van der Waals surface area contributed by atoms with Crippen LogP contribution in [0.4, 0.5) is 0 Å². The van der Waals surface area contributed by atoms with Crippen molar-refractivity contribution >= 4 is 0 Å². The Bertz CT molecular complexity index is 220. The van der Waals surface area contributed by atoms with Gasteiger partial charge in [-0.2, -0.15) is 0 Å². The van der Waals surface area contributed by atoms with Crippen molar-refractivity contribution in [3.05, 3.63) is 0 Å². The topological polar surface area (TPSA) is 12.0 Å². The van der Waals surface area contributed by atoms with E-state index in [9.17, 15) is 0 Å². The summed E-state index contributed by atoms with van der Waals surface area (Å²) in [6.45, 7) is 12.0. The molecule has 1 rings (SSSR count). The van der Waals surface area contributed by atoms with E-state index in [1.165, 1.54) is 38.5 Å². The van der Waals surface area contributed by atoms with E-state index in [1.807, 2.05) is 0 Å². The Morgan fingerprint density at radius 3 is 2.06 bits per heavy atom. The summed E-state index contributed by atoms with van der Waals surface area (Å²) in [5, 5.41) is 3.61. The molecule has 0 aromatic heterocycles. The summed E-state index contributed by atoms with van der Waals surface area (Å²) in [6, 6.07) is 0.742. The summed E-state index contributed by atoms with van der Waals surface area (Å²) in [4.78, 5) is 0. The molecule has 1 N–H and O–H groups in total. The monoisotopic (exact) mass is 253 g/mol. The van der Waals surface area contributed by atoms with E-state index in [4.69, 9.17) is 0 Å². The minimum Gasteiger partial charge on any atom is -0.316 e. The first-order chi connectivity index (χ1) is 8.40. The van der Waals surface area contributed by atoms with Crippen LogP contribution in [0.2, 0.25) is 0 Å². The number of rotatable bonds is 5. The second-order valence-electron chi connectivity index (χ2n) is 7.56. The predicted molar refractivity (Wildman–Crippen MR) is 81.8 cm³/mol. The Balaban J connectivity index is 2.50. The van der Waals surface area contributed by atoms with Gasteiger partial charge < -0.3 is 5.32 Å². The Morgan fingerprint density at radius 2 is 1.67 bits per heavy atom. The number of hydrogen-bond donors (Lipinski definition) is 1. The van der Waals surface area contributed by atoms with Crippen molar-refractivity contribution in [3.63, 3.8) is 0 Å². The predicted octanol–water partition coefficient (Wildman–Crippen LogP) is 4.86. The van der Waals surface area contributed by atoms with Crippen LogP contribution in [-0.4, -0.2) is 13.1 Å². The zero-order valence-electron chi connectivity index (χ0n) is 13.6. The van der Waals surface area contributed by atoms with Gasteiger partial charge in [-0.15, -0.1) is 0 Å². The molecule has 0 bridgehead atoms. The second-order valence-corrected chi connectivity index (χ2v) is 7.56. The molecule has 1 saturated carbocycles. The third kappa shape index (κ3) is 4.26. The molecule has 2 unspecified atom stereocenters. The Morgan fingerprint density at radius 1 is 1.11 bits per heavy atom. The number of nitrogens with one attached hydrogen (secondary N) is 1. The van der Waals surface area contributed by atoms with Crippen LogP contribution >= 0.6 is 0 Å². The highest BCUT2D eigenvalue weighted by Crippen LogP contribution is 2.41. The molecule has 0 heterocycles. The van der Waals surface area contributed by atoms with Crippen LogP contribution in [0.5, 0.6) is 0 Å². The highest BCUT2D eigenvalue weighted by Gasteiger charge is 2.33. The van der Waals surface area contributed by atoms with Crippen molar-refractivity contribution in [1.82, 2.24) is 5.32 Å². The second kappa shape index (κ2) is 6.93. The van der Waals surface area contributed by atoms with Gasteiger partial charge in [-0.25, -0.2) is 0 Å². The molecule has 0 radical (unpaired) electrons. The van der Waals surface area contributed by atoms with Crippen molar-refractivity contribution in [2.24, 2.45) is 23.2 Å². The Kier molecular flexibility index (Phi) is 6.17. The summed E-state index contributed by atoms with van der Waals surface area (Å²) in [7, 11) is 2.16. The third-order valence-electron chi connectivity index (χ3n) is 5.19. The Hall–Kier alpha value is -0.0400. The zero-order chi connectivity index (χ0) is 13.8. The molecule has 1 aliphatic carbocycles. The molecule has 0 saturated heterocycles. The van der Waals surface area contributed by atoms with Crippen molar-refractivity contribution in [2.75, 3.05) is 7.05 Å². The van der Waals surface area contributed by atoms with Gasteiger partial charge >= 0.3 is 0 Å². The van der Waals surface area contributed by atoms with Crippen LogP contribution in [0.25, 0.3) is 0 Å². The van der Waals surface area contributed by atoms with Crippen LogP contribution in [0, 0.1) is 23.2 Å². The van der Waals surface area contributed by atoms with Crippen molar-refractivity contribution in [2.45, 2.75) is 79.2 Å². The minimum absolute atomic E-state index is 0.509. The van der Waals surface area contributed by atoms with Crippen LogP contribution in [0.15, 0.2) is 0 Å². The molecule has 1 fully saturated rings. The van der Waals surface area contributed by atoms with Crippen molar-refractivity contribution < 1.29 is 0 Å². The van der Waals surface area contributed by atoms with E-state index in [-0.39, 0.29) is 0 Å². The van der Waals surface area contributed by atoms with Crippen molar-refractivity contribution in [3.8, 4) is 0 Å². The van der Waals surface area contributed by atoms with Gasteiger partial charge in [0.2, 0.25) is 0 Å². The standard InChI is InChI=1S/C17H35N/c1-7-8-13(2)16(18-6)14-9-11-15(12-10-14)17(3,4)5/h13-16,18H,7-12H2,1-6H3. The minimum atomic E-state index is 0.509. The van der Waals surface area contributed by atoms with Crippen LogP contribution < -0.4 is 5.32 Å². The summed E-state index contributed by atoms with van der Waals surface area (Å²) < 4.78 is 0.